The lowest BCUT2D eigenvalue weighted by atomic mass is 10.0. The van der Waals surface area contributed by atoms with Crippen LogP contribution in [0.4, 0.5) is 0 Å². The molecule has 0 bridgehead atoms. The Labute approximate surface area is 138 Å². The highest BCUT2D eigenvalue weighted by Gasteiger charge is 2.41. The molecule has 0 unspecified atom stereocenters. The molecule has 1 aromatic heterocycles. The van der Waals surface area contributed by atoms with Crippen molar-refractivity contribution in [3.8, 4) is 0 Å². The number of nitrogens with zero attached hydrogens (tertiary/aromatic N) is 2. The number of hydrogen-bond donors (Lipinski definition) is 0. The molecule has 6 nitrogen and oxygen atoms in total. The quantitative estimate of drug-likeness (QED) is 0.822. The van der Waals surface area contributed by atoms with Gasteiger partial charge in [-0.2, -0.15) is 4.31 Å². The van der Waals surface area contributed by atoms with Gasteiger partial charge in [0, 0.05) is 27.1 Å². The minimum absolute atomic E-state index is 0.313. The van der Waals surface area contributed by atoms with Gasteiger partial charge in [0.15, 0.2) is 5.25 Å². The monoisotopic (exact) mass is 342 g/mol. The smallest absolute Gasteiger partial charge is 0.241 e. The van der Waals surface area contributed by atoms with Gasteiger partial charge < -0.3 is 9.32 Å². The summed E-state index contributed by atoms with van der Waals surface area (Å²) in [5.41, 5.74) is 0. The summed E-state index contributed by atoms with van der Waals surface area (Å²) in [6, 6.07) is 3.44. The van der Waals surface area contributed by atoms with Gasteiger partial charge in [0.05, 0.1) is 6.04 Å². The first-order valence-corrected chi connectivity index (χ1v) is 9.59. The molecule has 130 valence electrons. The number of rotatable bonds is 5. The number of sulfonamides is 1. The predicted octanol–water partition coefficient (Wildman–Crippen LogP) is 2.18. The average molecular weight is 342 g/mol. The summed E-state index contributed by atoms with van der Waals surface area (Å²) >= 11 is 0. The van der Waals surface area contributed by atoms with Crippen LogP contribution < -0.4 is 0 Å². The third kappa shape index (κ3) is 3.61. The van der Waals surface area contributed by atoms with E-state index in [1.807, 2.05) is 19.1 Å². The molecule has 0 radical (unpaired) electrons. The second-order valence-corrected chi connectivity index (χ2v) is 8.41. The fraction of sp³-hybridized carbons (Fsp3) is 0.688. The van der Waals surface area contributed by atoms with Gasteiger partial charge in [-0.15, -0.1) is 0 Å². The lowest BCUT2D eigenvalue weighted by Gasteiger charge is -2.35. The molecule has 2 atom stereocenters. The molecule has 1 aliphatic rings. The molecule has 0 aliphatic carbocycles. The van der Waals surface area contributed by atoms with Gasteiger partial charge in [0.25, 0.3) is 0 Å². The van der Waals surface area contributed by atoms with Crippen LogP contribution in [0.5, 0.6) is 0 Å². The third-order valence-electron chi connectivity index (χ3n) is 4.38. The molecular formula is C16H26N2O4S. The lowest BCUT2D eigenvalue weighted by Crippen LogP contribution is -2.47. The topological polar surface area (TPSA) is 70.8 Å². The summed E-state index contributed by atoms with van der Waals surface area (Å²) in [5.74, 6) is 1.12. The Balaban J connectivity index is 2.31. The summed E-state index contributed by atoms with van der Waals surface area (Å²) in [7, 11) is -0.576. The molecule has 0 saturated carbocycles. The van der Waals surface area contributed by atoms with E-state index < -0.39 is 21.2 Å². The molecule has 0 spiro atoms. The number of carbonyl (C=O) groups excluding carboxylic acids is 1. The predicted molar refractivity (Wildman–Crippen MR) is 88.5 cm³/mol. The number of furan rings is 1. The summed E-state index contributed by atoms with van der Waals surface area (Å²) in [6.45, 7) is 3.89. The number of carbonyl (C=O) groups is 1. The Morgan fingerprint density at radius 3 is 2.65 bits per heavy atom. The van der Waals surface area contributed by atoms with Crippen molar-refractivity contribution >= 4 is 15.9 Å². The Morgan fingerprint density at radius 1 is 1.39 bits per heavy atom. The zero-order valence-electron chi connectivity index (χ0n) is 14.3. The fourth-order valence-corrected chi connectivity index (χ4v) is 4.77. The highest BCUT2D eigenvalue weighted by atomic mass is 32.2. The number of aryl methyl sites for hydroxylation is 1. The van der Waals surface area contributed by atoms with Crippen molar-refractivity contribution < 1.29 is 17.6 Å². The summed E-state index contributed by atoms with van der Waals surface area (Å²) in [5, 5.41) is -1.08. The highest BCUT2D eigenvalue weighted by molar-refractivity contribution is 7.90. The minimum Gasteiger partial charge on any atom is -0.464 e. The zero-order chi connectivity index (χ0) is 17.2. The first-order valence-electron chi connectivity index (χ1n) is 8.09. The standard InChI is InChI=1S/C16H26N2O4S/c1-5-13-9-10-15(22-13)14-8-6-7-11-18(14)23(20,21)12(2)16(19)17(3)4/h9-10,12,14H,5-8,11H2,1-4H3/t12-,14-/m0/s1. The van der Waals surface area contributed by atoms with Gasteiger partial charge in [0.1, 0.15) is 11.5 Å². The van der Waals surface area contributed by atoms with Crippen LogP contribution in [0.15, 0.2) is 16.5 Å². The third-order valence-corrected chi connectivity index (χ3v) is 6.56. The molecule has 1 aliphatic heterocycles. The molecule has 1 amide bonds. The fourth-order valence-electron chi connectivity index (χ4n) is 2.95. The van der Waals surface area contributed by atoms with Crippen molar-refractivity contribution in [2.24, 2.45) is 0 Å². The van der Waals surface area contributed by atoms with Crippen LogP contribution in [0, 0.1) is 0 Å². The van der Waals surface area contributed by atoms with Gasteiger partial charge in [0.2, 0.25) is 15.9 Å². The maximum atomic E-state index is 12.9. The second kappa shape index (κ2) is 7.05. The van der Waals surface area contributed by atoms with Crippen LogP contribution in [0.1, 0.15) is 50.7 Å². The first kappa shape index (κ1) is 18.0. The minimum atomic E-state index is -3.72. The molecule has 23 heavy (non-hydrogen) atoms. The van der Waals surface area contributed by atoms with E-state index in [2.05, 4.69) is 0 Å². The summed E-state index contributed by atoms with van der Waals surface area (Å²) in [6.07, 6.45) is 3.25. The Morgan fingerprint density at radius 2 is 2.09 bits per heavy atom. The zero-order valence-corrected chi connectivity index (χ0v) is 15.1. The van der Waals surface area contributed by atoms with Crippen molar-refractivity contribution in [1.82, 2.24) is 9.21 Å². The number of amides is 1. The normalized spacial score (nSPS) is 21.1. The molecule has 0 aromatic carbocycles. The van der Waals surface area contributed by atoms with Gasteiger partial charge in [-0.3, -0.25) is 4.79 Å². The van der Waals surface area contributed by atoms with Crippen LogP contribution in [0.25, 0.3) is 0 Å². The van der Waals surface area contributed by atoms with E-state index in [9.17, 15) is 13.2 Å². The molecule has 1 saturated heterocycles. The van der Waals surface area contributed by atoms with Gasteiger partial charge in [-0.05, 0) is 31.9 Å². The van der Waals surface area contributed by atoms with Crippen molar-refractivity contribution in [3.63, 3.8) is 0 Å². The van der Waals surface area contributed by atoms with Crippen molar-refractivity contribution in [1.29, 1.82) is 0 Å². The number of piperidine rings is 1. The molecule has 2 rings (SSSR count). The maximum absolute atomic E-state index is 12.9. The summed E-state index contributed by atoms with van der Waals surface area (Å²) < 4.78 is 33.1. The van der Waals surface area contributed by atoms with E-state index in [4.69, 9.17) is 4.42 Å². The average Bonchev–Trinajstić information content (AvgIpc) is 3.02. The Bertz CT molecular complexity index is 651. The van der Waals surface area contributed by atoms with Crippen molar-refractivity contribution in [2.45, 2.75) is 50.8 Å². The molecule has 1 aromatic rings. The van der Waals surface area contributed by atoms with Crippen LogP contribution in [0.2, 0.25) is 0 Å². The van der Waals surface area contributed by atoms with Crippen LogP contribution in [-0.4, -0.2) is 49.4 Å². The molecular weight excluding hydrogens is 316 g/mol. The lowest BCUT2D eigenvalue weighted by molar-refractivity contribution is -0.128. The molecule has 7 heteroatoms. The van der Waals surface area contributed by atoms with Crippen LogP contribution in [0.3, 0.4) is 0 Å². The van der Waals surface area contributed by atoms with E-state index >= 15 is 0 Å². The maximum Gasteiger partial charge on any atom is 0.241 e. The Hall–Kier alpha value is -1.34. The number of hydrogen-bond acceptors (Lipinski definition) is 4. The largest absolute Gasteiger partial charge is 0.464 e. The highest BCUT2D eigenvalue weighted by Crippen LogP contribution is 2.35. The second-order valence-electron chi connectivity index (χ2n) is 6.20. The van der Waals surface area contributed by atoms with E-state index in [1.54, 1.807) is 14.1 Å². The van der Waals surface area contributed by atoms with Crippen LogP contribution in [-0.2, 0) is 21.2 Å². The van der Waals surface area contributed by atoms with Crippen LogP contribution >= 0.6 is 0 Å². The first-order chi connectivity index (χ1) is 10.8. The molecule has 2 heterocycles. The van der Waals surface area contributed by atoms with E-state index in [1.165, 1.54) is 16.1 Å². The van der Waals surface area contributed by atoms with Crippen molar-refractivity contribution in [3.05, 3.63) is 23.7 Å². The Kier molecular flexibility index (Phi) is 5.52. The summed E-state index contributed by atoms with van der Waals surface area (Å²) in [4.78, 5) is 13.4. The van der Waals surface area contributed by atoms with Crippen molar-refractivity contribution in [2.75, 3.05) is 20.6 Å². The molecule has 0 N–H and O–H groups in total. The van der Waals surface area contributed by atoms with E-state index in [0.29, 0.717) is 12.3 Å². The van der Waals surface area contributed by atoms with Gasteiger partial charge >= 0.3 is 0 Å². The van der Waals surface area contributed by atoms with E-state index in [0.717, 1.165) is 31.4 Å². The van der Waals surface area contributed by atoms with E-state index in [-0.39, 0.29) is 6.04 Å². The SMILES string of the molecule is CCc1ccc([C@@H]2CCCCN2S(=O)(=O)[C@@H](C)C(=O)N(C)C)o1. The molecule has 1 fully saturated rings. The van der Waals surface area contributed by atoms with Gasteiger partial charge in [-0.25, -0.2) is 8.42 Å². The van der Waals surface area contributed by atoms with Gasteiger partial charge in [-0.1, -0.05) is 13.3 Å².